The molecule has 0 unspecified atom stereocenters. The Morgan fingerprint density at radius 3 is 2.59 bits per heavy atom. The van der Waals surface area contributed by atoms with Gasteiger partial charge in [0.15, 0.2) is 15.0 Å². The third kappa shape index (κ3) is 4.28. The lowest BCUT2D eigenvalue weighted by Crippen LogP contribution is -2.13. The summed E-state index contributed by atoms with van der Waals surface area (Å²) in [5.41, 5.74) is 1.95. The maximum atomic E-state index is 12.3. The van der Waals surface area contributed by atoms with Gasteiger partial charge in [0, 0.05) is 27.2 Å². The molecule has 1 fully saturated rings. The van der Waals surface area contributed by atoms with E-state index in [0.717, 1.165) is 10.9 Å². The van der Waals surface area contributed by atoms with Gasteiger partial charge in [0.1, 0.15) is 0 Å². The highest BCUT2D eigenvalue weighted by Crippen LogP contribution is 2.34. The van der Waals surface area contributed by atoms with Gasteiger partial charge in [-0.1, -0.05) is 29.4 Å². The number of thioether (sulfide) groups is 1. The van der Waals surface area contributed by atoms with Crippen LogP contribution in [0.3, 0.4) is 0 Å². The first-order chi connectivity index (χ1) is 12.9. The quantitative estimate of drug-likeness (QED) is 0.794. The van der Waals surface area contributed by atoms with Crippen molar-refractivity contribution in [1.29, 1.82) is 0 Å². The molecule has 1 saturated heterocycles. The molecule has 0 aliphatic carbocycles. The normalized spacial score (nSPS) is 22.8. The number of aliphatic imine (C=N–C) groups is 1. The summed E-state index contributed by atoms with van der Waals surface area (Å²) in [5, 5.41) is 7.26. The number of halogens is 1. The Labute approximate surface area is 166 Å². The summed E-state index contributed by atoms with van der Waals surface area (Å²) in [6.07, 6.45) is 0. The van der Waals surface area contributed by atoms with Crippen molar-refractivity contribution >= 4 is 55.6 Å². The van der Waals surface area contributed by atoms with E-state index < -0.39 is 9.84 Å². The minimum absolute atomic E-state index is 0.000229. The number of fused-ring (bicyclic) bond motifs is 1. The number of benzene rings is 2. The number of anilines is 2. The number of amides is 1. The average molecular weight is 422 g/mol. The predicted octanol–water partition coefficient (Wildman–Crippen LogP) is 3.27. The summed E-state index contributed by atoms with van der Waals surface area (Å²) < 4.78 is 23.2. The van der Waals surface area contributed by atoms with Gasteiger partial charge >= 0.3 is 0 Å². The van der Waals surface area contributed by atoms with E-state index in [9.17, 15) is 13.2 Å². The number of hydrogen-bond acceptors (Lipinski definition) is 6. The van der Waals surface area contributed by atoms with Gasteiger partial charge < -0.3 is 10.6 Å². The highest BCUT2D eigenvalue weighted by Gasteiger charge is 2.42. The fraction of sp³-hybridized carbons (Fsp3) is 0.222. The lowest BCUT2D eigenvalue weighted by atomic mass is 10.2. The molecule has 2 aliphatic heterocycles. The zero-order valence-electron chi connectivity index (χ0n) is 14.1. The van der Waals surface area contributed by atoms with Gasteiger partial charge in [0.25, 0.3) is 5.91 Å². The van der Waals surface area contributed by atoms with Crippen LogP contribution in [0, 0.1) is 0 Å². The van der Waals surface area contributed by atoms with E-state index >= 15 is 0 Å². The number of carbonyl (C=O) groups is 1. The van der Waals surface area contributed by atoms with Crippen LogP contribution in [0.5, 0.6) is 0 Å². The largest absolute Gasteiger partial charge is 0.335 e. The number of amidine groups is 1. The fourth-order valence-electron chi connectivity index (χ4n) is 3.01. The van der Waals surface area contributed by atoms with Crippen LogP contribution in [0.2, 0.25) is 5.02 Å². The molecule has 4 rings (SSSR count). The molecule has 2 aromatic rings. The Morgan fingerprint density at radius 2 is 1.89 bits per heavy atom. The van der Waals surface area contributed by atoms with Crippen molar-refractivity contribution < 1.29 is 13.2 Å². The molecule has 2 N–H and O–H groups in total. The van der Waals surface area contributed by atoms with Crippen molar-refractivity contribution in [1.82, 2.24) is 0 Å². The van der Waals surface area contributed by atoms with E-state index in [2.05, 4.69) is 15.6 Å². The minimum atomic E-state index is -2.95. The molecule has 2 aliphatic rings. The predicted molar refractivity (Wildman–Crippen MR) is 111 cm³/mol. The maximum Gasteiger partial charge on any atom is 0.255 e. The highest BCUT2D eigenvalue weighted by atomic mass is 35.5. The number of nitrogens with zero attached hydrogens (tertiary/aromatic N) is 1. The average Bonchev–Trinajstić information content (AvgIpc) is 3.08. The molecule has 1 amide bonds. The van der Waals surface area contributed by atoms with E-state index in [-0.39, 0.29) is 28.7 Å². The maximum absolute atomic E-state index is 12.3. The van der Waals surface area contributed by atoms with Crippen molar-refractivity contribution in [2.75, 3.05) is 22.1 Å². The lowest BCUT2D eigenvalue weighted by Gasteiger charge is -2.09. The zero-order chi connectivity index (χ0) is 19.0. The summed E-state index contributed by atoms with van der Waals surface area (Å²) in [6, 6.07) is 13.8. The molecule has 2 heterocycles. The molecule has 140 valence electrons. The smallest absolute Gasteiger partial charge is 0.255 e. The molecular formula is C18H16ClN3O3S2. The first-order valence-corrected chi connectivity index (χ1v) is 11.3. The molecule has 2 aromatic carbocycles. The van der Waals surface area contributed by atoms with Crippen molar-refractivity contribution in [3.8, 4) is 0 Å². The van der Waals surface area contributed by atoms with Gasteiger partial charge in [-0.2, -0.15) is 0 Å². The SMILES string of the molecule is O=C(Nc1cccc(Cl)c1)c1ccc(NC2=N[C@@H]3CS(=O)(=O)C[C@@H]3S2)cc1. The Morgan fingerprint density at radius 1 is 1.11 bits per heavy atom. The van der Waals surface area contributed by atoms with Gasteiger partial charge in [-0.3, -0.25) is 9.79 Å². The Bertz CT molecular complexity index is 1020. The van der Waals surface area contributed by atoms with Crippen LogP contribution in [0.1, 0.15) is 10.4 Å². The number of nitrogens with one attached hydrogen (secondary N) is 2. The summed E-state index contributed by atoms with van der Waals surface area (Å²) in [6.45, 7) is 0. The van der Waals surface area contributed by atoms with Gasteiger partial charge in [0.05, 0.1) is 17.5 Å². The molecule has 27 heavy (non-hydrogen) atoms. The lowest BCUT2D eigenvalue weighted by molar-refractivity contribution is 0.102. The molecule has 0 radical (unpaired) electrons. The van der Waals surface area contributed by atoms with Gasteiger partial charge in [-0.15, -0.1) is 0 Å². The molecule has 0 aromatic heterocycles. The molecule has 2 atom stereocenters. The van der Waals surface area contributed by atoms with Crippen LogP contribution >= 0.6 is 23.4 Å². The Hall–Kier alpha value is -2.03. The first-order valence-electron chi connectivity index (χ1n) is 8.27. The fourth-order valence-corrected chi connectivity index (χ4v) is 6.88. The van der Waals surface area contributed by atoms with Crippen LogP contribution in [0.25, 0.3) is 0 Å². The summed E-state index contributed by atoms with van der Waals surface area (Å²) in [5.74, 6) is 0.0779. The molecule has 0 spiro atoms. The molecule has 9 heteroatoms. The second-order valence-electron chi connectivity index (χ2n) is 6.40. The Balaban J connectivity index is 1.39. The minimum Gasteiger partial charge on any atom is -0.335 e. The summed E-state index contributed by atoms with van der Waals surface area (Å²) in [4.78, 5) is 16.8. The van der Waals surface area contributed by atoms with E-state index in [1.165, 1.54) is 11.8 Å². The topological polar surface area (TPSA) is 87.6 Å². The van der Waals surface area contributed by atoms with E-state index in [0.29, 0.717) is 16.3 Å². The summed E-state index contributed by atoms with van der Waals surface area (Å²) >= 11 is 7.38. The summed E-state index contributed by atoms with van der Waals surface area (Å²) in [7, 11) is -2.95. The molecule has 0 bridgehead atoms. The van der Waals surface area contributed by atoms with Crippen LogP contribution in [0.15, 0.2) is 53.5 Å². The molecular weight excluding hydrogens is 406 g/mol. The second kappa shape index (κ2) is 7.18. The number of sulfone groups is 1. The van der Waals surface area contributed by atoms with Crippen LogP contribution < -0.4 is 10.6 Å². The highest BCUT2D eigenvalue weighted by molar-refractivity contribution is 8.15. The van der Waals surface area contributed by atoms with E-state index in [1.54, 1.807) is 48.5 Å². The third-order valence-corrected chi connectivity index (χ3v) is 7.68. The molecule has 0 saturated carbocycles. The zero-order valence-corrected chi connectivity index (χ0v) is 16.4. The van der Waals surface area contributed by atoms with Crippen molar-refractivity contribution in [2.24, 2.45) is 4.99 Å². The monoisotopic (exact) mass is 421 g/mol. The number of carbonyl (C=O) groups excluding carboxylic acids is 1. The van der Waals surface area contributed by atoms with Crippen LogP contribution in [0.4, 0.5) is 11.4 Å². The van der Waals surface area contributed by atoms with Crippen LogP contribution in [-0.4, -0.2) is 42.3 Å². The molecule has 6 nitrogen and oxygen atoms in total. The van der Waals surface area contributed by atoms with E-state index in [1.807, 2.05) is 0 Å². The number of hydrogen-bond donors (Lipinski definition) is 2. The van der Waals surface area contributed by atoms with Crippen LogP contribution in [-0.2, 0) is 9.84 Å². The standard InChI is InChI=1S/C18H16ClN3O3S2/c19-12-2-1-3-14(8-12)20-17(23)11-4-6-13(7-5-11)21-18-22-15-9-27(24,25)10-16(15)26-18/h1-8,15-16H,9-10H2,(H,20,23)(H,21,22)/t15-,16+/m1/s1. The van der Waals surface area contributed by atoms with Crippen molar-refractivity contribution in [3.63, 3.8) is 0 Å². The van der Waals surface area contributed by atoms with Crippen molar-refractivity contribution in [3.05, 3.63) is 59.1 Å². The van der Waals surface area contributed by atoms with E-state index in [4.69, 9.17) is 11.6 Å². The third-order valence-electron chi connectivity index (χ3n) is 4.30. The van der Waals surface area contributed by atoms with Gasteiger partial charge in [-0.25, -0.2) is 8.42 Å². The Kier molecular flexibility index (Phi) is 4.88. The second-order valence-corrected chi connectivity index (χ2v) is 10.2. The first kappa shape index (κ1) is 18.3. The van der Waals surface area contributed by atoms with Gasteiger partial charge in [0.2, 0.25) is 0 Å². The van der Waals surface area contributed by atoms with Gasteiger partial charge in [-0.05, 0) is 42.5 Å². The van der Waals surface area contributed by atoms with Crippen molar-refractivity contribution in [2.45, 2.75) is 11.3 Å². The number of rotatable bonds is 3.